The van der Waals surface area contributed by atoms with Crippen molar-refractivity contribution in [1.82, 2.24) is 0 Å². The van der Waals surface area contributed by atoms with Crippen molar-refractivity contribution >= 4 is 16.5 Å². The van der Waals surface area contributed by atoms with E-state index in [4.69, 9.17) is 10.5 Å². The fraction of sp³-hybridized carbons (Fsp3) is 0.0769. The number of rotatable bonds is 2. The summed E-state index contributed by atoms with van der Waals surface area (Å²) in [5.74, 6) is 0. The van der Waals surface area contributed by atoms with Crippen LogP contribution in [0.1, 0.15) is 0 Å². The van der Waals surface area contributed by atoms with Crippen LogP contribution in [0.2, 0.25) is 0 Å². The Hall–Kier alpha value is -2.72. The quantitative estimate of drug-likeness (QED) is 0.728. The molecule has 0 unspecified atom stereocenters. The number of benzene rings is 2. The van der Waals surface area contributed by atoms with Gasteiger partial charge in [0.1, 0.15) is 12.1 Å². The molecule has 4 nitrogen and oxygen atoms in total. The molecule has 2 rings (SSSR count). The molecule has 0 bridgehead atoms. The lowest BCUT2D eigenvalue weighted by Crippen LogP contribution is -1.92. The summed E-state index contributed by atoms with van der Waals surface area (Å²) < 4.78 is 0. The maximum Gasteiger partial charge on any atom is 0.242 e. The molecule has 0 saturated carbocycles. The molecule has 0 fully saturated rings. The number of nitriles is 2. The molecule has 0 amide bonds. The van der Waals surface area contributed by atoms with Crippen molar-refractivity contribution in [3.63, 3.8) is 0 Å². The predicted octanol–water partition coefficient (Wildman–Crippen LogP) is 3.34. The lowest BCUT2D eigenvalue weighted by atomic mass is 10.1. The Labute approximate surface area is 98.4 Å². The monoisotopic (exact) mass is 220 g/mol. The van der Waals surface area contributed by atoms with Crippen molar-refractivity contribution < 1.29 is 0 Å². The van der Waals surface area contributed by atoms with E-state index in [-0.39, 0.29) is 0 Å². The van der Waals surface area contributed by atoms with E-state index in [1.807, 2.05) is 36.4 Å². The molecule has 0 aliphatic heterocycles. The van der Waals surface area contributed by atoms with Crippen molar-refractivity contribution in [2.45, 2.75) is 6.04 Å². The van der Waals surface area contributed by atoms with Crippen LogP contribution in [0.3, 0.4) is 0 Å². The Morgan fingerprint density at radius 3 is 2.41 bits per heavy atom. The lowest BCUT2D eigenvalue weighted by molar-refractivity contribution is 0.951. The first-order valence-electron chi connectivity index (χ1n) is 5.03. The maximum absolute atomic E-state index is 8.59. The van der Waals surface area contributed by atoms with Crippen LogP contribution < -0.4 is 0 Å². The maximum atomic E-state index is 8.59. The minimum Gasteiger partial charge on any atom is -0.195 e. The zero-order valence-electron chi connectivity index (χ0n) is 8.91. The zero-order valence-corrected chi connectivity index (χ0v) is 8.91. The molecule has 2 aromatic carbocycles. The highest BCUT2D eigenvalue weighted by Crippen LogP contribution is 2.25. The van der Waals surface area contributed by atoms with Gasteiger partial charge in [-0.2, -0.15) is 20.8 Å². The van der Waals surface area contributed by atoms with Gasteiger partial charge in [-0.15, -0.1) is 0 Å². The van der Waals surface area contributed by atoms with E-state index in [9.17, 15) is 0 Å². The highest BCUT2D eigenvalue weighted by atomic mass is 15.1. The molecule has 0 aromatic heterocycles. The highest BCUT2D eigenvalue weighted by molar-refractivity contribution is 5.92. The summed E-state index contributed by atoms with van der Waals surface area (Å²) in [6.45, 7) is 0. The summed E-state index contributed by atoms with van der Waals surface area (Å²) in [7, 11) is 0. The number of nitrogens with zero attached hydrogens (tertiary/aromatic N) is 4. The van der Waals surface area contributed by atoms with Crippen LogP contribution in [0.25, 0.3) is 10.8 Å². The van der Waals surface area contributed by atoms with E-state index in [0.29, 0.717) is 5.69 Å². The van der Waals surface area contributed by atoms with E-state index >= 15 is 0 Å². The fourth-order valence-corrected chi connectivity index (χ4v) is 1.50. The van der Waals surface area contributed by atoms with E-state index in [0.717, 1.165) is 10.8 Å². The molecule has 0 spiro atoms. The van der Waals surface area contributed by atoms with Gasteiger partial charge in [0.05, 0.1) is 5.69 Å². The molecular formula is C13H8N4. The largest absolute Gasteiger partial charge is 0.242 e. The molecule has 0 saturated heterocycles. The molecule has 2 aromatic rings. The molecule has 80 valence electrons. The van der Waals surface area contributed by atoms with Gasteiger partial charge in [0, 0.05) is 5.39 Å². The van der Waals surface area contributed by atoms with Crippen LogP contribution in [0, 0.1) is 22.7 Å². The van der Waals surface area contributed by atoms with E-state index in [1.54, 1.807) is 18.2 Å². The fourth-order valence-electron chi connectivity index (χ4n) is 1.50. The first-order chi connectivity index (χ1) is 8.35. The van der Waals surface area contributed by atoms with Gasteiger partial charge in [-0.1, -0.05) is 36.4 Å². The van der Waals surface area contributed by atoms with Gasteiger partial charge in [-0.25, -0.2) is 0 Å². The second-order valence-corrected chi connectivity index (χ2v) is 3.37. The van der Waals surface area contributed by atoms with Gasteiger partial charge in [0.15, 0.2) is 0 Å². The van der Waals surface area contributed by atoms with Crippen LogP contribution in [-0.4, -0.2) is 6.04 Å². The minimum absolute atomic E-state index is 0.665. The molecule has 17 heavy (non-hydrogen) atoms. The number of azo groups is 1. The third-order valence-electron chi connectivity index (χ3n) is 2.29. The molecular weight excluding hydrogens is 212 g/mol. The van der Waals surface area contributed by atoms with Crippen molar-refractivity contribution in [2.24, 2.45) is 10.2 Å². The summed E-state index contributed by atoms with van der Waals surface area (Å²) in [6.07, 6.45) is 0. The van der Waals surface area contributed by atoms with Crippen LogP contribution in [0.15, 0.2) is 52.7 Å². The Morgan fingerprint density at radius 2 is 1.65 bits per heavy atom. The van der Waals surface area contributed by atoms with Crippen LogP contribution in [-0.2, 0) is 0 Å². The van der Waals surface area contributed by atoms with Crippen molar-refractivity contribution in [1.29, 1.82) is 10.5 Å². The molecule has 0 N–H and O–H groups in total. The highest BCUT2D eigenvalue weighted by Gasteiger charge is 2.02. The lowest BCUT2D eigenvalue weighted by Gasteiger charge is -1.99. The van der Waals surface area contributed by atoms with Gasteiger partial charge in [-0.3, -0.25) is 0 Å². The molecule has 4 heteroatoms. The topological polar surface area (TPSA) is 72.3 Å². The van der Waals surface area contributed by atoms with Gasteiger partial charge in [0.25, 0.3) is 0 Å². The van der Waals surface area contributed by atoms with Crippen molar-refractivity contribution in [3.8, 4) is 12.1 Å². The average Bonchev–Trinajstić information content (AvgIpc) is 2.40. The normalized spacial score (nSPS) is 10.5. The van der Waals surface area contributed by atoms with Gasteiger partial charge in [-0.05, 0) is 11.5 Å². The molecule has 0 atom stereocenters. The van der Waals surface area contributed by atoms with Gasteiger partial charge in [0.2, 0.25) is 6.04 Å². The van der Waals surface area contributed by atoms with Gasteiger partial charge >= 0.3 is 0 Å². The van der Waals surface area contributed by atoms with Crippen LogP contribution >= 0.6 is 0 Å². The minimum atomic E-state index is -1.05. The summed E-state index contributed by atoms with van der Waals surface area (Å²) in [6, 6.07) is 15.8. The number of hydrogen-bond acceptors (Lipinski definition) is 4. The SMILES string of the molecule is N#CC(C#N)N=Nc1cccc2ccccc12. The van der Waals surface area contributed by atoms with Crippen LogP contribution in [0.5, 0.6) is 0 Å². The summed E-state index contributed by atoms with van der Waals surface area (Å²) in [4.78, 5) is 0. The van der Waals surface area contributed by atoms with E-state index in [2.05, 4.69) is 10.2 Å². The summed E-state index contributed by atoms with van der Waals surface area (Å²) in [5, 5.41) is 26.8. The Kier molecular flexibility index (Phi) is 3.09. The van der Waals surface area contributed by atoms with Crippen molar-refractivity contribution in [2.75, 3.05) is 0 Å². The second kappa shape index (κ2) is 4.87. The number of hydrogen-bond donors (Lipinski definition) is 0. The van der Waals surface area contributed by atoms with E-state index < -0.39 is 6.04 Å². The van der Waals surface area contributed by atoms with E-state index in [1.165, 1.54) is 0 Å². The Balaban J connectivity index is 2.44. The Morgan fingerprint density at radius 1 is 0.941 bits per heavy atom. The smallest absolute Gasteiger partial charge is 0.195 e. The first kappa shape index (κ1) is 10.8. The zero-order chi connectivity index (χ0) is 12.1. The number of fused-ring (bicyclic) bond motifs is 1. The Bertz CT molecular complexity index is 627. The predicted molar refractivity (Wildman–Crippen MR) is 63.5 cm³/mol. The molecule has 0 radical (unpaired) electrons. The standard InChI is InChI=1S/C13H8N4/c14-8-11(9-15)16-17-13-7-3-5-10-4-1-2-6-12(10)13/h1-7,11H. The summed E-state index contributed by atoms with van der Waals surface area (Å²) in [5.41, 5.74) is 0.665. The molecule has 0 aliphatic rings. The van der Waals surface area contributed by atoms with Gasteiger partial charge < -0.3 is 0 Å². The van der Waals surface area contributed by atoms with Crippen LogP contribution in [0.4, 0.5) is 5.69 Å². The molecule has 0 aliphatic carbocycles. The second-order valence-electron chi connectivity index (χ2n) is 3.37. The third kappa shape index (κ3) is 2.27. The molecule has 0 heterocycles. The summed E-state index contributed by atoms with van der Waals surface area (Å²) >= 11 is 0. The average molecular weight is 220 g/mol. The third-order valence-corrected chi connectivity index (χ3v) is 2.29. The first-order valence-corrected chi connectivity index (χ1v) is 5.03. The van der Waals surface area contributed by atoms with Crippen molar-refractivity contribution in [3.05, 3.63) is 42.5 Å².